The molecule has 1 aliphatic carbocycles. The minimum absolute atomic E-state index is 0.160. The van der Waals surface area contributed by atoms with Crippen LogP contribution in [-0.2, 0) is 22.0 Å². The number of hydrogen-bond acceptors (Lipinski definition) is 6. The van der Waals surface area contributed by atoms with Crippen LogP contribution in [0.3, 0.4) is 0 Å². The molecule has 21 heavy (non-hydrogen) atoms. The van der Waals surface area contributed by atoms with Gasteiger partial charge in [0.1, 0.15) is 5.75 Å². The van der Waals surface area contributed by atoms with Gasteiger partial charge in [0, 0.05) is 18.7 Å². The molecule has 0 aliphatic heterocycles. The van der Waals surface area contributed by atoms with Gasteiger partial charge in [-0.1, -0.05) is 24.9 Å². The minimum Gasteiger partial charge on any atom is -0.339 e. The molecule has 0 aromatic carbocycles. The molecule has 0 spiro atoms. The van der Waals surface area contributed by atoms with E-state index in [9.17, 15) is 8.42 Å². The maximum absolute atomic E-state index is 11.2. The van der Waals surface area contributed by atoms with Gasteiger partial charge in [-0.3, -0.25) is 0 Å². The second-order valence-electron chi connectivity index (χ2n) is 5.98. The predicted octanol–water partition coefficient (Wildman–Crippen LogP) is 1.72. The molecule has 1 unspecified atom stereocenters. The van der Waals surface area contributed by atoms with Gasteiger partial charge in [0.2, 0.25) is 5.89 Å². The molecule has 0 amide bonds. The first-order chi connectivity index (χ1) is 9.98. The fourth-order valence-corrected chi connectivity index (χ4v) is 3.54. The monoisotopic (exact) mass is 315 g/mol. The second-order valence-corrected chi connectivity index (χ2v) is 8.12. The zero-order valence-corrected chi connectivity index (χ0v) is 13.7. The van der Waals surface area contributed by atoms with Crippen LogP contribution >= 0.6 is 0 Å². The van der Waals surface area contributed by atoms with Crippen LogP contribution in [0, 0.1) is 5.92 Å². The van der Waals surface area contributed by atoms with E-state index in [1.165, 1.54) is 31.9 Å². The Bertz CT molecular complexity index is 535. The highest BCUT2D eigenvalue weighted by Gasteiger charge is 2.26. The van der Waals surface area contributed by atoms with Gasteiger partial charge < -0.3 is 9.84 Å². The van der Waals surface area contributed by atoms with Crippen LogP contribution in [0.25, 0.3) is 0 Å². The minimum atomic E-state index is -3.12. The topological polar surface area (TPSA) is 85.1 Å². The molecule has 0 bridgehead atoms. The molecule has 2 rings (SSSR count). The summed E-state index contributed by atoms with van der Waals surface area (Å²) in [6.45, 7) is 3.13. The molecular weight excluding hydrogens is 290 g/mol. The summed E-state index contributed by atoms with van der Waals surface area (Å²) in [5, 5.41) is 7.34. The van der Waals surface area contributed by atoms with E-state index in [4.69, 9.17) is 4.52 Å². The summed E-state index contributed by atoms with van der Waals surface area (Å²) >= 11 is 0. The van der Waals surface area contributed by atoms with E-state index in [1.807, 2.05) is 0 Å². The molecule has 1 fully saturated rings. The highest BCUT2D eigenvalue weighted by molar-refractivity contribution is 7.89. The highest BCUT2D eigenvalue weighted by atomic mass is 32.2. The average molecular weight is 315 g/mol. The molecule has 6 nitrogen and oxygen atoms in total. The lowest BCUT2D eigenvalue weighted by atomic mass is 9.95. The van der Waals surface area contributed by atoms with E-state index in [2.05, 4.69) is 22.4 Å². The van der Waals surface area contributed by atoms with E-state index in [0.717, 1.165) is 13.0 Å². The predicted molar refractivity (Wildman–Crippen MR) is 80.6 cm³/mol. The lowest BCUT2D eigenvalue weighted by Crippen LogP contribution is -2.37. The zero-order valence-electron chi connectivity index (χ0n) is 12.8. The van der Waals surface area contributed by atoms with Crippen LogP contribution in [0.5, 0.6) is 0 Å². The SMILES string of the molecule is CCCNC(Cc1nc(CS(C)(=O)=O)no1)C1CCCC1. The third-order valence-corrected chi connectivity index (χ3v) is 4.70. The maximum atomic E-state index is 11.2. The molecule has 1 atom stereocenters. The Balaban J connectivity index is 1.98. The van der Waals surface area contributed by atoms with Gasteiger partial charge in [0.15, 0.2) is 15.7 Å². The number of nitrogens with one attached hydrogen (secondary N) is 1. The molecule has 1 saturated carbocycles. The molecule has 1 aliphatic rings. The molecular formula is C14H25N3O3S. The van der Waals surface area contributed by atoms with E-state index >= 15 is 0 Å². The summed E-state index contributed by atoms with van der Waals surface area (Å²) < 4.78 is 27.7. The average Bonchev–Trinajstić information content (AvgIpc) is 3.04. The van der Waals surface area contributed by atoms with Gasteiger partial charge in [0.05, 0.1) is 0 Å². The van der Waals surface area contributed by atoms with Crippen LogP contribution in [0.15, 0.2) is 4.52 Å². The Kier molecular flexibility index (Phi) is 5.75. The summed E-state index contributed by atoms with van der Waals surface area (Å²) in [4.78, 5) is 4.22. The first-order valence-corrected chi connectivity index (χ1v) is 9.76. The van der Waals surface area contributed by atoms with E-state index in [0.29, 0.717) is 24.3 Å². The Hall–Kier alpha value is -0.950. The molecule has 1 aromatic rings. The Morgan fingerprint density at radius 3 is 2.71 bits per heavy atom. The van der Waals surface area contributed by atoms with Gasteiger partial charge in [-0.2, -0.15) is 4.98 Å². The van der Waals surface area contributed by atoms with Crippen molar-refractivity contribution < 1.29 is 12.9 Å². The molecule has 1 aromatic heterocycles. The van der Waals surface area contributed by atoms with Gasteiger partial charge in [0.25, 0.3) is 0 Å². The molecule has 7 heteroatoms. The van der Waals surface area contributed by atoms with E-state index in [-0.39, 0.29) is 11.6 Å². The normalized spacial score (nSPS) is 18.2. The van der Waals surface area contributed by atoms with Crippen LogP contribution in [0.4, 0.5) is 0 Å². The maximum Gasteiger partial charge on any atom is 0.228 e. The lowest BCUT2D eigenvalue weighted by molar-refractivity contribution is 0.307. The Labute approximate surface area is 126 Å². The van der Waals surface area contributed by atoms with Gasteiger partial charge in [-0.15, -0.1) is 0 Å². The quantitative estimate of drug-likeness (QED) is 0.786. The number of aromatic nitrogens is 2. The van der Waals surface area contributed by atoms with Crippen molar-refractivity contribution in [1.29, 1.82) is 0 Å². The number of rotatable bonds is 8. The standard InChI is InChI=1S/C14H25N3O3S/c1-3-8-15-12(11-6-4-5-7-11)9-14-16-13(17-20-14)10-21(2,18)19/h11-12,15H,3-10H2,1-2H3. The fourth-order valence-electron chi connectivity index (χ4n) is 2.95. The van der Waals surface area contributed by atoms with Crippen molar-refractivity contribution in [3.63, 3.8) is 0 Å². The zero-order chi connectivity index (χ0) is 15.3. The van der Waals surface area contributed by atoms with Gasteiger partial charge in [-0.05, 0) is 31.7 Å². The first kappa shape index (κ1) is 16.4. The third-order valence-electron chi connectivity index (χ3n) is 3.92. The molecule has 1 heterocycles. The van der Waals surface area contributed by atoms with Crippen molar-refractivity contribution in [3.05, 3.63) is 11.7 Å². The van der Waals surface area contributed by atoms with Gasteiger partial charge in [-0.25, -0.2) is 8.42 Å². The molecule has 120 valence electrons. The van der Waals surface area contributed by atoms with E-state index in [1.54, 1.807) is 0 Å². The second kappa shape index (κ2) is 7.35. The summed E-state index contributed by atoms with van der Waals surface area (Å²) in [5.74, 6) is 1.29. The Morgan fingerprint density at radius 2 is 2.10 bits per heavy atom. The summed E-state index contributed by atoms with van der Waals surface area (Å²) in [6, 6.07) is 0.346. The van der Waals surface area contributed by atoms with Crippen LogP contribution in [0.1, 0.15) is 50.7 Å². The number of sulfone groups is 1. The summed E-state index contributed by atoms with van der Waals surface area (Å²) in [6.07, 6.45) is 8.01. The van der Waals surface area contributed by atoms with Crippen molar-refractivity contribution >= 4 is 9.84 Å². The van der Waals surface area contributed by atoms with Crippen LogP contribution in [-0.4, -0.2) is 37.4 Å². The van der Waals surface area contributed by atoms with Crippen molar-refractivity contribution in [2.45, 2.75) is 57.2 Å². The van der Waals surface area contributed by atoms with Crippen molar-refractivity contribution in [2.24, 2.45) is 5.92 Å². The number of nitrogens with zero attached hydrogens (tertiary/aromatic N) is 2. The van der Waals surface area contributed by atoms with Crippen molar-refractivity contribution in [1.82, 2.24) is 15.5 Å². The fraction of sp³-hybridized carbons (Fsp3) is 0.857. The smallest absolute Gasteiger partial charge is 0.228 e. The lowest BCUT2D eigenvalue weighted by Gasteiger charge is -2.23. The summed E-state index contributed by atoms with van der Waals surface area (Å²) in [7, 11) is -3.12. The largest absolute Gasteiger partial charge is 0.339 e. The third kappa shape index (κ3) is 5.39. The molecule has 0 saturated heterocycles. The van der Waals surface area contributed by atoms with Crippen molar-refractivity contribution in [2.75, 3.05) is 12.8 Å². The molecule has 0 radical (unpaired) electrons. The number of hydrogen-bond donors (Lipinski definition) is 1. The first-order valence-electron chi connectivity index (χ1n) is 7.70. The van der Waals surface area contributed by atoms with Crippen LogP contribution < -0.4 is 5.32 Å². The van der Waals surface area contributed by atoms with Crippen LogP contribution in [0.2, 0.25) is 0 Å². The summed E-state index contributed by atoms with van der Waals surface area (Å²) in [5.41, 5.74) is 0. The van der Waals surface area contributed by atoms with Crippen molar-refractivity contribution in [3.8, 4) is 0 Å². The molecule has 1 N–H and O–H groups in total. The van der Waals surface area contributed by atoms with Gasteiger partial charge >= 0.3 is 0 Å². The Morgan fingerprint density at radius 1 is 1.38 bits per heavy atom. The van der Waals surface area contributed by atoms with E-state index < -0.39 is 9.84 Å². The highest BCUT2D eigenvalue weighted by Crippen LogP contribution is 2.29.